The summed E-state index contributed by atoms with van der Waals surface area (Å²) in [5.74, 6) is 0.600. The van der Waals surface area contributed by atoms with Crippen LogP contribution in [0, 0.1) is 0 Å². The molecule has 2 N–H and O–H groups in total. The summed E-state index contributed by atoms with van der Waals surface area (Å²) in [7, 11) is 2.95. The van der Waals surface area contributed by atoms with Crippen molar-refractivity contribution in [2.45, 2.75) is 6.42 Å². The minimum Gasteiger partial charge on any atom is -0.492 e. The lowest BCUT2D eigenvalue weighted by Crippen LogP contribution is -2.10. The maximum atomic E-state index is 11.9. The van der Waals surface area contributed by atoms with Crippen molar-refractivity contribution in [3.05, 3.63) is 21.1 Å². The SMILES string of the molecule is COc1c(Br)cc(Cl)c(C(=O)CCN)c1OC. The van der Waals surface area contributed by atoms with E-state index in [1.165, 1.54) is 14.2 Å². The molecule has 17 heavy (non-hydrogen) atoms. The molecule has 0 radical (unpaired) electrons. The molecule has 0 aliphatic heterocycles. The number of rotatable bonds is 5. The zero-order chi connectivity index (χ0) is 13.0. The third kappa shape index (κ3) is 2.91. The fraction of sp³-hybridized carbons (Fsp3) is 0.364. The van der Waals surface area contributed by atoms with Crippen molar-refractivity contribution in [2.75, 3.05) is 20.8 Å². The van der Waals surface area contributed by atoms with Crippen molar-refractivity contribution in [1.82, 2.24) is 0 Å². The van der Waals surface area contributed by atoms with Crippen molar-refractivity contribution in [3.8, 4) is 11.5 Å². The Bertz CT molecular complexity index is 437. The molecule has 0 aliphatic rings. The van der Waals surface area contributed by atoms with Crippen LogP contribution in [0.3, 0.4) is 0 Å². The van der Waals surface area contributed by atoms with E-state index in [4.69, 9.17) is 26.8 Å². The molecule has 0 unspecified atom stereocenters. The fourth-order valence-corrected chi connectivity index (χ4v) is 2.48. The molecule has 0 aromatic heterocycles. The Balaban J connectivity index is 3.41. The number of nitrogens with two attached hydrogens (primary N) is 1. The van der Waals surface area contributed by atoms with Gasteiger partial charge in [0, 0.05) is 6.42 Å². The van der Waals surface area contributed by atoms with Crippen LogP contribution >= 0.6 is 27.5 Å². The number of Topliss-reactive ketones (excluding diaryl/α,β-unsaturated/α-hetero) is 1. The molecular formula is C11H13BrClNO3. The van der Waals surface area contributed by atoms with Gasteiger partial charge in [-0.1, -0.05) is 11.6 Å². The summed E-state index contributed by atoms with van der Waals surface area (Å²) in [6, 6.07) is 1.60. The largest absolute Gasteiger partial charge is 0.492 e. The van der Waals surface area contributed by atoms with Crippen LogP contribution in [-0.2, 0) is 0 Å². The molecule has 0 bridgehead atoms. The summed E-state index contributed by atoms with van der Waals surface area (Å²) >= 11 is 9.34. The van der Waals surface area contributed by atoms with Crippen LogP contribution in [0.5, 0.6) is 11.5 Å². The monoisotopic (exact) mass is 321 g/mol. The first-order chi connectivity index (χ1) is 8.06. The van der Waals surface area contributed by atoms with Crippen LogP contribution in [0.25, 0.3) is 0 Å². The molecule has 0 fully saturated rings. The molecule has 0 amide bonds. The Kier molecular flexibility index (Phi) is 5.24. The predicted octanol–water partition coefficient (Wildman–Crippen LogP) is 2.65. The van der Waals surface area contributed by atoms with Gasteiger partial charge in [0.25, 0.3) is 0 Å². The standard InChI is InChI=1S/C11H13BrClNO3/c1-16-10-6(12)5-7(13)9(11(10)17-2)8(15)3-4-14/h5H,3-4,14H2,1-2H3. The zero-order valence-electron chi connectivity index (χ0n) is 9.55. The van der Waals surface area contributed by atoms with Gasteiger partial charge in [-0.25, -0.2) is 0 Å². The van der Waals surface area contributed by atoms with E-state index in [9.17, 15) is 4.79 Å². The van der Waals surface area contributed by atoms with E-state index in [1.54, 1.807) is 6.07 Å². The lowest BCUT2D eigenvalue weighted by atomic mass is 10.1. The van der Waals surface area contributed by atoms with E-state index < -0.39 is 0 Å². The summed E-state index contributed by atoms with van der Waals surface area (Å²) in [6.45, 7) is 0.261. The summed E-state index contributed by atoms with van der Waals surface area (Å²) in [6.07, 6.45) is 0.209. The van der Waals surface area contributed by atoms with Crippen LogP contribution in [0.1, 0.15) is 16.8 Å². The first kappa shape index (κ1) is 14.3. The molecule has 94 valence electrons. The van der Waals surface area contributed by atoms with Gasteiger partial charge < -0.3 is 15.2 Å². The average Bonchev–Trinajstić information content (AvgIpc) is 2.28. The topological polar surface area (TPSA) is 61.5 Å². The number of carbonyl (C=O) groups excluding carboxylic acids is 1. The molecule has 0 atom stereocenters. The average molecular weight is 323 g/mol. The van der Waals surface area contributed by atoms with E-state index in [1.807, 2.05) is 0 Å². The number of halogens is 2. The van der Waals surface area contributed by atoms with Gasteiger partial charge in [0.15, 0.2) is 17.3 Å². The normalized spacial score (nSPS) is 10.2. The summed E-state index contributed by atoms with van der Waals surface area (Å²) < 4.78 is 11.0. The van der Waals surface area contributed by atoms with Gasteiger partial charge in [-0.15, -0.1) is 0 Å². The second-order valence-electron chi connectivity index (χ2n) is 3.24. The summed E-state index contributed by atoms with van der Waals surface area (Å²) in [4.78, 5) is 11.9. The van der Waals surface area contributed by atoms with Crippen LogP contribution in [0.4, 0.5) is 0 Å². The van der Waals surface area contributed by atoms with Crippen molar-refractivity contribution in [1.29, 1.82) is 0 Å². The van der Waals surface area contributed by atoms with Gasteiger partial charge in [0.1, 0.15) is 0 Å². The van der Waals surface area contributed by atoms with E-state index in [-0.39, 0.29) is 18.7 Å². The quantitative estimate of drug-likeness (QED) is 0.847. The Morgan fingerprint density at radius 3 is 2.47 bits per heavy atom. The number of benzene rings is 1. The van der Waals surface area contributed by atoms with Gasteiger partial charge in [-0.2, -0.15) is 0 Å². The van der Waals surface area contributed by atoms with Crippen molar-refractivity contribution >= 4 is 33.3 Å². The van der Waals surface area contributed by atoms with Crippen LogP contribution in [-0.4, -0.2) is 26.5 Å². The van der Waals surface area contributed by atoms with Gasteiger partial charge in [-0.05, 0) is 28.5 Å². The number of ether oxygens (including phenoxy) is 2. The van der Waals surface area contributed by atoms with Gasteiger partial charge in [-0.3, -0.25) is 4.79 Å². The third-order valence-electron chi connectivity index (χ3n) is 2.20. The first-order valence-corrected chi connectivity index (χ1v) is 6.07. The van der Waals surface area contributed by atoms with Crippen molar-refractivity contribution < 1.29 is 14.3 Å². The summed E-state index contributed by atoms with van der Waals surface area (Å²) in [5, 5.41) is 0.313. The van der Waals surface area contributed by atoms with E-state index in [2.05, 4.69) is 15.9 Å². The fourth-order valence-electron chi connectivity index (χ4n) is 1.48. The number of carbonyl (C=O) groups is 1. The number of ketones is 1. The predicted molar refractivity (Wildman–Crippen MR) is 70.3 cm³/mol. The lowest BCUT2D eigenvalue weighted by molar-refractivity contribution is 0.0982. The molecule has 6 heteroatoms. The maximum Gasteiger partial charge on any atom is 0.175 e. The highest BCUT2D eigenvalue weighted by Gasteiger charge is 2.22. The van der Waals surface area contributed by atoms with Crippen molar-refractivity contribution in [2.24, 2.45) is 5.73 Å². The highest BCUT2D eigenvalue weighted by atomic mass is 79.9. The Morgan fingerprint density at radius 1 is 1.41 bits per heavy atom. The molecular weight excluding hydrogens is 309 g/mol. The molecule has 0 heterocycles. The zero-order valence-corrected chi connectivity index (χ0v) is 11.9. The molecule has 1 aromatic rings. The van der Waals surface area contributed by atoms with Crippen LogP contribution in [0.2, 0.25) is 5.02 Å². The van der Waals surface area contributed by atoms with Crippen LogP contribution in [0.15, 0.2) is 10.5 Å². The van der Waals surface area contributed by atoms with E-state index in [0.29, 0.717) is 26.6 Å². The van der Waals surface area contributed by atoms with E-state index >= 15 is 0 Å². The smallest absolute Gasteiger partial charge is 0.175 e. The molecule has 0 aliphatic carbocycles. The van der Waals surface area contributed by atoms with Gasteiger partial charge in [0.05, 0.1) is 29.3 Å². The second kappa shape index (κ2) is 6.23. The third-order valence-corrected chi connectivity index (χ3v) is 3.09. The minimum atomic E-state index is -0.167. The minimum absolute atomic E-state index is 0.167. The van der Waals surface area contributed by atoms with Crippen LogP contribution < -0.4 is 15.2 Å². The Hall–Kier alpha value is -0.780. The number of hydrogen-bond acceptors (Lipinski definition) is 4. The van der Waals surface area contributed by atoms with Crippen molar-refractivity contribution in [3.63, 3.8) is 0 Å². The molecule has 0 saturated carbocycles. The summed E-state index contributed by atoms with van der Waals surface area (Å²) in [5.41, 5.74) is 5.67. The second-order valence-corrected chi connectivity index (χ2v) is 4.51. The number of methoxy groups -OCH3 is 2. The molecule has 1 rings (SSSR count). The highest BCUT2D eigenvalue weighted by molar-refractivity contribution is 9.10. The molecule has 0 saturated heterocycles. The Morgan fingerprint density at radius 2 is 2.00 bits per heavy atom. The lowest BCUT2D eigenvalue weighted by Gasteiger charge is -2.14. The van der Waals surface area contributed by atoms with E-state index in [0.717, 1.165) is 0 Å². The number of hydrogen-bond donors (Lipinski definition) is 1. The first-order valence-electron chi connectivity index (χ1n) is 4.90. The molecule has 4 nitrogen and oxygen atoms in total. The molecule has 0 spiro atoms. The van der Waals surface area contributed by atoms with Gasteiger partial charge in [0.2, 0.25) is 0 Å². The van der Waals surface area contributed by atoms with Gasteiger partial charge >= 0.3 is 0 Å². The Labute approximate surface area is 113 Å². The molecule has 1 aromatic carbocycles. The highest BCUT2D eigenvalue weighted by Crippen LogP contribution is 2.42. The maximum absolute atomic E-state index is 11.9.